The van der Waals surface area contributed by atoms with Crippen molar-refractivity contribution < 1.29 is 19.1 Å². The Hall–Kier alpha value is -3.64. The molecule has 2 aliphatic rings. The van der Waals surface area contributed by atoms with Gasteiger partial charge in [0.05, 0.1) is 5.60 Å². The molecule has 0 spiro atoms. The van der Waals surface area contributed by atoms with E-state index in [2.05, 4.69) is 24.3 Å². The molecule has 2 fully saturated rings. The molecule has 1 amide bonds. The third-order valence-electron chi connectivity index (χ3n) is 8.90. The Balaban J connectivity index is 1.14. The van der Waals surface area contributed by atoms with Gasteiger partial charge in [0.25, 0.3) is 0 Å². The molecule has 1 aliphatic carbocycles. The van der Waals surface area contributed by atoms with Crippen molar-refractivity contribution in [3.8, 4) is 5.75 Å². The number of aryl methyl sites for hydroxylation is 1. The van der Waals surface area contributed by atoms with Gasteiger partial charge in [0, 0.05) is 42.4 Å². The molecule has 2 heterocycles. The Morgan fingerprint density at radius 1 is 1.08 bits per heavy atom. The van der Waals surface area contributed by atoms with E-state index in [9.17, 15) is 14.7 Å². The van der Waals surface area contributed by atoms with Crippen molar-refractivity contribution in [1.82, 2.24) is 4.90 Å². The quantitative estimate of drug-likeness (QED) is 0.316. The van der Waals surface area contributed by atoms with Crippen LogP contribution < -0.4 is 10.4 Å². The second-order valence-corrected chi connectivity index (χ2v) is 11.2. The van der Waals surface area contributed by atoms with Gasteiger partial charge in [0.1, 0.15) is 17.9 Å². The second-order valence-electron chi connectivity index (χ2n) is 11.2. The number of aliphatic hydroxyl groups is 1. The number of fused-ring (bicyclic) bond motifs is 3. The largest absolute Gasteiger partial charge is 0.489 e. The van der Waals surface area contributed by atoms with Crippen molar-refractivity contribution in [2.24, 2.45) is 5.92 Å². The predicted molar refractivity (Wildman–Crippen MR) is 152 cm³/mol. The van der Waals surface area contributed by atoms with Gasteiger partial charge in [-0.2, -0.15) is 0 Å². The highest BCUT2D eigenvalue weighted by Gasteiger charge is 2.43. The maximum atomic E-state index is 13.0. The molecule has 1 saturated heterocycles. The molecule has 1 saturated carbocycles. The molecule has 6 nitrogen and oxygen atoms in total. The van der Waals surface area contributed by atoms with Crippen molar-refractivity contribution in [2.75, 3.05) is 13.1 Å². The summed E-state index contributed by atoms with van der Waals surface area (Å²) in [5.74, 6) is 0.834. The van der Waals surface area contributed by atoms with Gasteiger partial charge in [0.2, 0.25) is 5.91 Å². The molecule has 1 N–H and O–H groups in total. The van der Waals surface area contributed by atoms with E-state index in [1.54, 1.807) is 6.07 Å². The van der Waals surface area contributed by atoms with Crippen LogP contribution in [-0.2, 0) is 17.8 Å². The zero-order valence-corrected chi connectivity index (χ0v) is 22.4. The molecule has 2 atom stereocenters. The number of carbonyl (C=O) groups is 1. The van der Waals surface area contributed by atoms with E-state index in [4.69, 9.17) is 9.15 Å². The number of likely N-dealkylation sites (tertiary alicyclic amines) is 1. The summed E-state index contributed by atoms with van der Waals surface area (Å²) in [5, 5.41) is 14.1. The van der Waals surface area contributed by atoms with Gasteiger partial charge in [-0.15, -0.1) is 0 Å². The van der Waals surface area contributed by atoms with Crippen LogP contribution in [0.25, 0.3) is 21.7 Å². The standard InChI is InChI=1S/C33H35NO5/c1-22-27-13-12-26(38-21-24-9-6-8-23-7-2-3-11-29(23)24)19-30(27)39-32(36)28(22)14-15-31(35)34-18-17-33(37)16-5-4-10-25(33)20-34/h2-3,6-9,11-13,19,25,37H,4-5,10,14-18,20-21H2,1H3/t25-,33-/m1/s1. The Morgan fingerprint density at radius 2 is 1.92 bits per heavy atom. The van der Waals surface area contributed by atoms with E-state index in [1.807, 2.05) is 42.2 Å². The highest BCUT2D eigenvalue weighted by Crippen LogP contribution is 2.40. The molecular weight excluding hydrogens is 490 g/mol. The maximum Gasteiger partial charge on any atom is 0.339 e. The first-order valence-corrected chi connectivity index (χ1v) is 14.1. The minimum Gasteiger partial charge on any atom is -0.489 e. The highest BCUT2D eigenvalue weighted by molar-refractivity contribution is 5.86. The predicted octanol–water partition coefficient (Wildman–Crippen LogP) is 5.92. The van der Waals surface area contributed by atoms with Crippen LogP contribution in [0, 0.1) is 12.8 Å². The SMILES string of the molecule is Cc1c(CCC(=O)N2CC[C@]3(O)CCCC[C@@H]3C2)c(=O)oc2cc(OCc3cccc4ccccc34)ccc12. The summed E-state index contributed by atoms with van der Waals surface area (Å²) in [6, 6.07) is 20.0. The van der Waals surface area contributed by atoms with Crippen LogP contribution in [0.2, 0.25) is 0 Å². The molecular formula is C33H35NO5. The van der Waals surface area contributed by atoms with Gasteiger partial charge in [-0.1, -0.05) is 55.3 Å². The van der Waals surface area contributed by atoms with Crippen molar-refractivity contribution in [1.29, 1.82) is 0 Å². The number of nitrogens with zero attached hydrogens (tertiary/aromatic N) is 1. The van der Waals surface area contributed by atoms with E-state index >= 15 is 0 Å². The van der Waals surface area contributed by atoms with E-state index in [1.165, 1.54) is 5.39 Å². The summed E-state index contributed by atoms with van der Waals surface area (Å²) < 4.78 is 11.8. The lowest BCUT2D eigenvalue weighted by Gasteiger charge is -2.47. The van der Waals surface area contributed by atoms with Crippen LogP contribution in [0.15, 0.2) is 69.9 Å². The number of hydrogen-bond acceptors (Lipinski definition) is 5. The van der Waals surface area contributed by atoms with Gasteiger partial charge in [0.15, 0.2) is 0 Å². The highest BCUT2D eigenvalue weighted by atomic mass is 16.5. The van der Waals surface area contributed by atoms with E-state index in [-0.39, 0.29) is 18.2 Å². The molecule has 6 heteroatoms. The van der Waals surface area contributed by atoms with Crippen molar-refractivity contribution in [3.63, 3.8) is 0 Å². The van der Waals surface area contributed by atoms with Gasteiger partial charge in [-0.25, -0.2) is 4.79 Å². The Bertz CT molecular complexity index is 1590. The normalized spacial score (nSPS) is 21.2. The topological polar surface area (TPSA) is 80.0 Å². The van der Waals surface area contributed by atoms with Gasteiger partial charge >= 0.3 is 5.63 Å². The molecule has 6 rings (SSSR count). The summed E-state index contributed by atoms with van der Waals surface area (Å²) in [6.45, 7) is 3.52. The summed E-state index contributed by atoms with van der Waals surface area (Å²) in [4.78, 5) is 27.9. The minimum atomic E-state index is -0.609. The second kappa shape index (κ2) is 10.5. The fraction of sp³-hybridized carbons (Fsp3) is 0.394. The lowest BCUT2D eigenvalue weighted by atomic mass is 9.71. The number of benzene rings is 3. The molecule has 202 valence electrons. The van der Waals surface area contributed by atoms with Crippen LogP contribution in [-0.4, -0.2) is 34.6 Å². The molecule has 4 aromatic rings. The third-order valence-corrected chi connectivity index (χ3v) is 8.90. The van der Waals surface area contributed by atoms with Crippen molar-refractivity contribution >= 4 is 27.6 Å². The van der Waals surface area contributed by atoms with Crippen molar-refractivity contribution in [2.45, 2.75) is 64.1 Å². The number of amides is 1. The Morgan fingerprint density at radius 3 is 2.82 bits per heavy atom. The van der Waals surface area contributed by atoms with Crippen LogP contribution in [0.1, 0.15) is 55.2 Å². The fourth-order valence-corrected chi connectivity index (χ4v) is 6.52. The lowest BCUT2D eigenvalue weighted by Crippen LogP contribution is -2.54. The van der Waals surface area contributed by atoms with Gasteiger partial charge < -0.3 is 19.2 Å². The number of rotatable bonds is 6. The first kappa shape index (κ1) is 25.6. The minimum absolute atomic E-state index is 0.0405. The summed E-state index contributed by atoms with van der Waals surface area (Å²) in [7, 11) is 0. The van der Waals surface area contributed by atoms with Crippen molar-refractivity contribution in [3.05, 3.63) is 87.8 Å². The number of hydrogen-bond donors (Lipinski definition) is 1. The smallest absolute Gasteiger partial charge is 0.339 e. The molecule has 0 radical (unpaired) electrons. The maximum absolute atomic E-state index is 13.0. The zero-order chi connectivity index (χ0) is 27.0. The molecule has 1 aromatic heterocycles. The van der Waals surface area contributed by atoms with E-state index in [0.717, 1.165) is 47.6 Å². The number of ether oxygens (including phenoxy) is 1. The summed E-state index contributed by atoms with van der Waals surface area (Å²) in [5.41, 5.74) is 1.95. The summed E-state index contributed by atoms with van der Waals surface area (Å²) >= 11 is 0. The molecule has 39 heavy (non-hydrogen) atoms. The van der Waals surface area contributed by atoms with Gasteiger partial charge in [-0.05, 0) is 66.6 Å². The first-order valence-electron chi connectivity index (χ1n) is 14.1. The van der Waals surface area contributed by atoms with Crippen LogP contribution >= 0.6 is 0 Å². The van der Waals surface area contributed by atoms with Crippen LogP contribution in [0.3, 0.4) is 0 Å². The number of piperidine rings is 1. The third kappa shape index (κ3) is 5.06. The van der Waals surface area contributed by atoms with E-state index in [0.29, 0.717) is 49.4 Å². The zero-order valence-electron chi connectivity index (χ0n) is 22.4. The fourth-order valence-electron chi connectivity index (χ4n) is 6.52. The average Bonchev–Trinajstić information content (AvgIpc) is 2.95. The first-order chi connectivity index (χ1) is 18.9. The Labute approximate surface area is 228 Å². The number of carbonyl (C=O) groups excluding carboxylic acids is 1. The van der Waals surface area contributed by atoms with Crippen LogP contribution in [0.4, 0.5) is 0 Å². The monoisotopic (exact) mass is 525 g/mol. The molecule has 0 bridgehead atoms. The van der Waals surface area contributed by atoms with Gasteiger partial charge in [-0.3, -0.25) is 4.79 Å². The molecule has 1 aliphatic heterocycles. The molecule has 3 aromatic carbocycles. The lowest BCUT2D eigenvalue weighted by molar-refractivity contribution is -0.143. The summed E-state index contributed by atoms with van der Waals surface area (Å²) in [6.07, 6.45) is 5.24. The Kier molecular flexibility index (Phi) is 6.90. The van der Waals surface area contributed by atoms with Crippen LogP contribution in [0.5, 0.6) is 5.75 Å². The van der Waals surface area contributed by atoms with E-state index < -0.39 is 11.2 Å². The molecule has 0 unspecified atom stereocenters. The average molecular weight is 526 g/mol.